The van der Waals surface area contributed by atoms with Crippen LogP contribution in [0.5, 0.6) is 17.2 Å². The average Bonchev–Trinajstić information content (AvgIpc) is 2.92. The van der Waals surface area contributed by atoms with Gasteiger partial charge in [-0.2, -0.15) is 0 Å². The highest BCUT2D eigenvalue weighted by Gasteiger charge is 2.24. The van der Waals surface area contributed by atoms with Gasteiger partial charge in [0.2, 0.25) is 5.75 Å². The molecule has 0 amide bonds. The number of aliphatic hydroxyl groups is 1. The maximum atomic E-state index is 9.77. The minimum Gasteiger partial charge on any atom is -0.493 e. The Labute approximate surface area is 124 Å². The number of β-amino-alcohol motifs (C(OH)–C–C–N with tert-alkyl or cyclic N) is 1. The lowest BCUT2D eigenvalue weighted by Crippen LogP contribution is -2.30. The molecule has 2 aliphatic heterocycles. The molecule has 21 heavy (non-hydrogen) atoms. The molecule has 1 saturated heterocycles. The van der Waals surface area contributed by atoms with Crippen molar-refractivity contribution in [2.45, 2.75) is 12.6 Å². The molecule has 0 aliphatic carbocycles. The summed E-state index contributed by atoms with van der Waals surface area (Å²) in [4.78, 5) is 0. The topological polar surface area (TPSA) is 72.0 Å². The van der Waals surface area contributed by atoms with Gasteiger partial charge in [0.1, 0.15) is 13.2 Å². The zero-order valence-corrected chi connectivity index (χ0v) is 12.2. The first kappa shape index (κ1) is 14.4. The third kappa shape index (κ3) is 3.23. The van der Waals surface area contributed by atoms with Gasteiger partial charge in [0, 0.05) is 32.1 Å². The van der Waals surface area contributed by atoms with Crippen LogP contribution in [0.2, 0.25) is 0 Å². The Bertz CT molecular complexity index is 478. The van der Waals surface area contributed by atoms with Crippen LogP contribution in [0, 0.1) is 5.92 Å². The van der Waals surface area contributed by atoms with E-state index in [1.54, 1.807) is 7.11 Å². The summed E-state index contributed by atoms with van der Waals surface area (Å²) in [5.41, 5.74) is 1.08. The third-order valence-electron chi connectivity index (χ3n) is 3.93. The smallest absolute Gasteiger partial charge is 0.203 e. The minimum atomic E-state index is -0.257. The van der Waals surface area contributed by atoms with E-state index in [9.17, 15) is 5.11 Å². The van der Waals surface area contributed by atoms with Gasteiger partial charge >= 0.3 is 0 Å². The van der Waals surface area contributed by atoms with E-state index in [-0.39, 0.29) is 12.0 Å². The summed E-state index contributed by atoms with van der Waals surface area (Å²) in [6.07, 6.45) is -0.257. The second kappa shape index (κ2) is 6.51. The minimum absolute atomic E-state index is 0.257. The van der Waals surface area contributed by atoms with Gasteiger partial charge in [-0.25, -0.2) is 0 Å². The Morgan fingerprint density at radius 1 is 1.33 bits per heavy atom. The molecule has 3 N–H and O–H groups in total. The largest absolute Gasteiger partial charge is 0.493 e. The van der Waals surface area contributed by atoms with Gasteiger partial charge in [-0.05, 0) is 17.7 Å². The molecule has 6 nitrogen and oxygen atoms in total. The number of ether oxygens (including phenoxy) is 3. The van der Waals surface area contributed by atoms with E-state index in [1.165, 1.54) is 0 Å². The van der Waals surface area contributed by atoms with E-state index in [0.29, 0.717) is 37.8 Å². The lowest BCUT2D eigenvalue weighted by atomic mass is 10.1. The number of rotatable bonds is 5. The summed E-state index contributed by atoms with van der Waals surface area (Å²) < 4.78 is 16.6. The lowest BCUT2D eigenvalue weighted by Gasteiger charge is -2.22. The van der Waals surface area contributed by atoms with E-state index in [1.807, 2.05) is 12.1 Å². The van der Waals surface area contributed by atoms with Gasteiger partial charge in [-0.1, -0.05) is 0 Å². The van der Waals surface area contributed by atoms with Gasteiger partial charge in [0.15, 0.2) is 11.5 Å². The van der Waals surface area contributed by atoms with Gasteiger partial charge in [0.25, 0.3) is 0 Å². The van der Waals surface area contributed by atoms with Crippen molar-refractivity contribution in [2.24, 2.45) is 5.92 Å². The molecule has 2 heterocycles. The highest BCUT2D eigenvalue weighted by Crippen LogP contribution is 2.40. The molecule has 6 heteroatoms. The Kier molecular flexibility index (Phi) is 4.48. The van der Waals surface area contributed by atoms with Crippen molar-refractivity contribution >= 4 is 0 Å². The van der Waals surface area contributed by atoms with Gasteiger partial charge < -0.3 is 30.0 Å². The molecule has 0 aromatic heterocycles. The molecule has 2 aliphatic rings. The van der Waals surface area contributed by atoms with Crippen molar-refractivity contribution in [3.63, 3.8) is 0 Å². The van der Waals surface area contributed by atoms with E-state index in [4.69, 9.17) is 14.2 Å². The molecule has 1 aromatic rings. The third-order valence-corrected chi connectivity index (χ3v) is 3.93. The quantitative estimate of drug-likeness (QED) is 0.717. The molecule has 0 bridgehead atoms. The van der Waals surface area contributed by atoms with E-state index in [0.717, 1.165) is 24.4 Å². The normalized spacial score (nSPS) is 24.1. The predicted octanol–water partition coefficient (Wildman–Crippen LogP) is 0.136. The Morgan fingerprint density at radius 3 is 2.95 bits per heavy atom. The summed E-state index contributed by atoms with van der Waals surface area (Å²) in [6.45, 7) is 4.14. The van der Waals surface area contributed by atoms with Crippen LogP contribution < -0.4 is 24.8 Å². The molecular weight excluding hydrogens is 272 g/mol. The SMILES string of the molecule is COc1cc(CNCC2CNCC2O)cc2c1OCCO2. The van der Waals surface area contributed by atoms with Crippen LogP contribution in [0.3, 0.4) is 0 Å². The standard InChI is InChI=1S/C15H22N2O4/c1-19-13-4-10(5-14-15(13)21-3-2-20-14)6-16-7-11-8-17-9-12(11)18/h4-5,11-12,16-18H,2-3,6-9H2,1H3. The van der Waals surface area contributed by atoms with Crippen molar-refractivity contribution < 1.29 is 19.3 Å². The van der Waals surface area contributed by atoms with Gasteiger partial charge in [-0.15, -0.1) is 0 Å². The molecule has 2 unspecified atom stereocenters. The number of benzene rings is 1. The van der Waals surface area contributed by atoms with Crippen LogP contribution >= 0.6 is 0 Å². The number of nitrogens with one attached hydrogen (secondary N) is 2. The summed E-state index contributed by atoms with van der Waals surface area (Å²) in [6, 6.07) is 3.94. The first-order valence-corrected chi connectivity index (χ1v) is 7.34. The monoisotopic (exact) mass is 294 g/mol. The van der Waals surface area contributed by atoms with Crippen LogP contribution in [-0.2, 0) is 6.54 Å². The number of fused-ring (bicyclic) bond motifs is 1. The molecular formula is C15H22N2O4. The van der Waals surface area contributed by atoms with E-state index >= 15 is 0 Å². The van der Waals surface area contributed by atoms with Crippen LogP contribution in [0.15, 0.2) is 12.1 Å². The van der Waals surface area contributed by atoms with Gasteiger partial charge in [0.05, 0.1) is 13.2 Å². The maximum Gasteiger partial charge on any atom is 0.203 e. The van der Waals surface area contributed by atoms with Crippen molar-refractivity contribution in [1.82, 2.24) is 10.6 Å². The first-order chi connectivity index (χ1) is 10.3. The Morgan fingerprint density at radius 2 is 2.19 bits per heavy atom. The average molecular weight is 294 g/mol. The van der Waals surface area contributed by atoms with Crippen molar-refractivity contribution in [2.75, 3.05) is 40.0 Å². The molecule has 0 saturated carbocycles. The van der Waals surface area contributed by atoms with Crippen molar-refractivity contribution in [3.05, 3.63) is 17.7 Å². The predicted molar refractivity (Wildman–Crippen MR) is 78.1 cm³/mol. The summed E-state index contributed by atoms with van der Waals surface area (Å²) >= 11 is 0. The second-order valence-corrected chi connectivity index (χ2v) is 5.44. The molecule has 3 rings (SSSR count). The Hall–Kier alpha value is -1.50. The van der Waals surface area contributed by atoms with E-state index < -0.39 is 0 Å². The zero-order valence-electron chi connectivity index (χ0n) is 12.2. The molecule has 1 fully saturated rings. The highest BCUT2D eigenvalue weighted by molar-refractivity contribution is 5.54. The van der Waals surface area contributed by atoms with Gasteiger partial charge in [-0.3, -0.25) is 0 Å². The summed E-state index contributed by atoms with van der Waals surface area (Å²) in [7, 11) is 1.63. The fourth-order valence-corrected chi connectivity index (χ4v) is 2.76. The van der Waals surface area contributed by atoms with Crippen LogP contribution in [0.25, 0.3) is 0 Å². The van der Waals surface area contributed by atoms with Crippen LogP contribution in [-0.4, -0.2) is 51.2 Å². The fourth-order valence-electron chi connectivity index (χ4n) is 2.76. The fraction of sp³-hybridized carbons (Fsp3) is 0.600. The molecule has 0 spiro atoms. The van der Waals surface area contributed by atoms with Crippen molar-refractivity contribution in [1.29, 1.82) is 0 Å². The molecule has 0 radical (unpaired) electrons. The number of aliphatic hydroxyl groups excluding tert-OH is 1. The molecule has 2 atom stereocenters. The zero-order chi connectivity index (χ0) is 14.7. The van der Waals surface area contributed by atoms with Crippen molar-refractivity contribution in [3.8, 4) is 17.2 Å². The molecule has 1 aromatic carbocycles. The number of methoxy groups -OCH3 is 1. The second-order valence-electron chi connectivity index (χ2n) is 5.44. The van der Waals surface area contributed by atoms with Crippen LogP contribution in [0.1, 0.15) is 5.56 Å². The summed E-state index contributed by atoms with van der Waals surface area (Å²) in [5.74, 6) is 2.39. The number of hydrogen-bond acceptors (Lipinski definition) is 6. The lowest BCUT2D eigenvalue weighted by molar-refractivity contribution is 0.146. The van der Waals surface area contributed by atoms with E-state index in [2.05, 4.69) is 10.6 Å². The maximum absolute atomic E-state index is 9.77. The summed E-state index contributed by atoms with van der Waals surface area (Å²) in [5, 5.41) is 16.3. The van der Waals surface area contributed by atoms with Crippen LogP contribution in [0.4, 0.5) is 0 Å². The first-order valence-electron chi connectivity index (χ1n) is 7.34. The highest BCUT2D eigenvalue weighted by atomic mass is 16.6. The number of hydrogen-bond donors (Lipinski definition) is 3. The molecule has 116 valence electrons. The Balaban J connectivity index is 1.62.